The summed E-state index contributed by atoms with van der Waals surface area (Å²) in [6, 6.07) is 14.2. The summed E-state index contributed by atoms with van der Waals surface area (Å²) in [5.74, 6) is 0.959. The zero-order chi connectivity index (χ0) is 20.7. The van der Waals surface area contributed by atoms with E-state index >= 15 is 0 Å². The van der Waals surface area contributed by atoms with Crippen molar-refractivity contribution in [3.8, 4) is 11.5 Å². The molecule has 2 rings (SSSR count). The highest BCUT2D eigenvalue weighted by Gasteiger charge is 2.16. The van der Waals surface area contributed by atoms with Crippen LogP contribution in [0.4, 0.5) is 11.4 Å². The maximum absolute atomic E-state index is 12.4. The van der Waals surface area contributed by atoms with Crippen molar-refractivity contribution in [1.82, 2.24) is 0 Å². The minimum atomic E-state index is -0.282. The first-order valence-corrected chi connectivity index (χ1v) is 9.36. The van der Waals surface area contributed by atoms with E-state index in [-0.39, 0.29) is 30.6 Å². The Kier molecular flexibility index (Phi) is 7.44. The van der Waals surface area contributed by atoms with Gasteiger partial charge in [-0.05, 0) is 76.2 Å². The highest BCUT2D eigenvalue weighted by Crippen LogP contribution is 2.21. The summed E-state index contributed by atoms with van der Waals surface area (Å²) in [6.45, 7) is 9.15. The first kappa shape index (κ1) is 21.3. The third kappa shape index (κ3) is 6.61. The number of nitrogens with one attached hydrogen (secondary N) is 1. The molecule has 0 bridgehead atoms. The average molecular weight is 384 g/mol. The standard InChI is InChI=1S/C22H28N2O4/c1-15(2)27-20-10-6-18(7-11-20)23-22(26)14-24(17(5)25)19-8-12-21(13-9-19)28-16(3)4/h6-13,15-16H,14H2,1-5H3,(H,23,26). The van der Waals surface area contributed by atoms with E-state index in [1.807, 2.05) is 27.7 Å². The fourth-order valence-electron chi connectivity index (χ4n) is 2.59. The molecular weight excluding hydrogens is 356 g/mol. The van der Waals surface area contributed by atoms with E-state index in [0.717, 1.165) is 11.5 Å². The van der Waals surface area contributed by atoms with E-state index in [1.54, 1.807) is 48.5 Å². The lowest BCUT2D eigenvalue weighted by Crippen LogP contribution is -2.36. The molecule has 0 aliphatic rings. The predicted molar refractivity (Wildman–Crippen MR) is 111 cm³/mol. The zero-order valence-electron chi connectivity index (χ0n) is 17.1. The second-order valence-electron chi connectivity index (χ2n) is 7.00. The monoisotopic (exact) mass is 384 g/mol. The molecular formula is C22H28N2O4. The average Bonchev–Trinajstić information content (AvgIpc) is 2.61. The molecule has 0 fully saturated rings. The summed E-state index contributed by atoms with van der Waals surface area (Å²) >= 11 is 0. The highest BCUT2D eigenvalue weighted by atomic mass is 16.5. The van der Waals surface area contributed by atoms with Gasteiger partial charge in [0.05, 0.1) is 12.2 Å². The van der Waals surface area contributed by atoms with Crippen molar-refractivity contribution in [3.05, 3.63) is 48.5 Å². The molecule has 2 amide bonds. The van der Waals surface area contributed by atoms with Gasteiger partial charge in [0.25, 0.3) is 0 Å². The molecule has 0 saturated carbocycles. The van der Waals surface area contributed by atoms with Gasteiger partial charge in [-0.3, -0.25) is 9.59 Å². The van der Waals surface area contributed by atoms with Crippen molar-refractivity contribution in [3.63, 3.8) is 0 Å². The Morgan fingerprint density at radius 1 is 0.857 bits per heavy atom. The maximum Gasteiger partial charge on any atom is 0.244 e. The van der Waals surface area contributed by atoms with Gasteiger partial charge in [-0.1, -0.05) is 0 Å². The Bertz CT molecular complexity index is 783. The second-order valence-corrected chi connectivity index (χ2v) is 7.00. The number of rotatable bonds is 8. The van der Waals surface area contributed by atoms with Crippen LogP contribution in [0.25, 0.3) is 0 Å². The number of nitrogens with zero attached hydrogens (tertiary/aromatic N) is 1. The Morgan fingerprint density at radius 2 is 1.32 bits per heavy atom. The summed E-state index contributed by atoms with van der Waals surface area (Å²) in [5.41, 5.74) is 1.28. The summed E-state index contributed by atoms with van der Waals surface area (Å²) < 4.78 is 11.2. The molecule has 0 heterocycles. The molecule has 28 heavy (non-hydrogen) atoms. The maximum atomic E-state index is 12.4. The molecule has 6 heteroatoms. The first-order chi connectivity index (χ1) is 13.2. The molecule has 0 aliphatic heterocycles. The quantitative estimate of drug-likeness (QED) is 0.739. The Labute approximate surface area is 166 Å². The molecule has 2 aromatic carbocycles. The second kappa shape index (κ2) is 9.78. The van der Waals surface area contributed by atoms with Crippen molar-refractivity contribution in [2.24, 2.45) is 0 Å². The molecule has 6 nitrogen and oxygen atoms in total. The summed E-state index contributed by atoms with van der Waals surface area (Å²) in [7, 11) is 0. The lowest BCUT2D eigenvalue weighted by atomic mass is 10.2. The first-order valence-electron chi connectivity index (χ1n) is 9.36. The number of hydrogen-bond donors (Lipinski definition) is 1. The fraction of sp³-hybridized carbons (Fsp3) is 0.364. The van der Waals surface area contributed by atoms with Crippen molar-refractivity contribution < 1.29 is 19.1 Å². The molecule has 2 aromatic rings. The van der Waals surface area contributed by atoms with Crippen LogP contribution in [-0.4, -0.2) is 30.6 Å². The Morgan fingerprint density at radius 3 is 1.75 bits per heavy atom. The van der Waals surface area contributed by atoms with E-state index in [4.69, 9.17) is 9.47 Å². The van der Waals surface area contributed by atoms with Crippen molar-refractivity contribution >= 4 is 23.2 Å². The SMILES string of the molecule is CC(=O)N(CC(=O)Nc1ccc(OC(C)C)cc1)c1ccc(OC(C)C)cc1. The fourth-order valence-corrected chi connectivity index (χ4v) is 2.59. The van der Waals surface area contributed by atoms with Gasteiger partial charge in [0.2, 0.25) is 11.8 Å². The van der Waals surface area contributed by atoms with Crippen LogP contribution < -0.4 is 19.7 Å². The van der Waals surface area contributed by atoms with Crippen LogP contribution in [0.15, 0.2) is 48.5 Å². The largest absolute Gasteiger partial charge is 0.491 e. The van der Waals surface area contributed by atoms with Crippen molar-refractivity contribution in [1.29, 1.82) is 0 Å². The normalized spacial score (nSPS) is 10.7. The van der Waals surface area contributed by atoms with E-state index < -0.39 is 0 Å². The lowest BCUT2D eigenvalue weighted by molar-refractivity contribution is -0.120. The molecule has 150 valence electrons. The van der Waals surface area contributed by atoms with Gasteiger partial charge in [-0.25, -0.2) is 0 Å². The number of anilines is 2. The van der Waals surface area contributed by atoms with Gasteiger partial charge in [0.1, 0.15) is 18.0 Å². The highest BCUT2D eigenvalue weighted by molar-refractivity contribution is 6.01. The van der Waals surface area contributed by atoms with Gasteiger partial charge in [-0.2, -0.15) is 0 Å². The van der Waals surface area contributed by atoms with Crippen molar-refractivity contribution in [2.75, 3.05) is 16.8 Å². The van der Waals surface area contributed by atoms with Crippen LogP contribution in [0.2, 0.25) is 0 Å². The van der Waals surface area contributed by atoms with Gasteiger partial charge >= 0.3 is 0 Å². The molecule has 0 radical (unpaired) electrons. The van der Waals surface area contributed by atoms with Crippen molar-refractivity contribution in [2.45, 2.75) is 46.8 Å². The molecule has 0 atom stereocenters. The number of carbonyl (C=O) groups is 2. The summed E-state index contributed by atoms with van der Waals surface area (Å²) in [6.07, 6.45) is 0.153. The van der Waals surface area contributed by atoms with Crippen LogP contribution in [0.1, 0.15) is 34.6 Å². The zero-order valence-corrected chi connectivity index (χ0v) is 17.1. The molecule has 0 aliphatic carbocycles. The summed E-state index contributed by atoms with van der Waals surface area (Å²) in [5, 5.41) is 2.80. The van der Waals surface area contributed by atoms with Crippen LogP contribution >= 0.6 is 0 Å². The molecule has 1 N–H and O–H groups in total. The van der Waals surface area contributed by atoms with E-state index in [9.17, 15) is 9.59 Å². The minimum Gasteiger partial charge on any atom is -0.491 e. The third-order valence-electron chi connectivity index (χ3n) is 3.71. The number of carbonyl (C=O) groups excluding carboxylic acids is 2. The topological polar surface area (TPSA) is 67.9 Å². The Hall–Kier alpha value is -3.02. The molecule has 0 unspecified atom stereocenters. The van der Waals surface area contributed by atoms with Crippen LogP contribution in [0.5, 0.6) is 11.5 Å². The molecule has 0 aromatic heterocycles. The van der Waals surface area contributed by atoms with Gasteiger partial charge in [0.15, 0.2) is 0 Å². The van der Waals surface area contributed by atoms with E-state index in [1.165, 1.54) is 11.8 Å². The smallest absolute Gasteiger partial charge is 0.244 e. The van der Waals surface area contributed by atoms with Crippen LogP contribution in [0, 0.1) is 0 Å². The number of hydrogen-bond acceptors (Lipinski definition) is 4. The van der Waals surface area contributed by atoms with Crippen LogP contribution in [-0.2, 0) is 9.59 Å². The van der Waals surface area contributed by atoms with E-state index in [0.29, 0.717) is 11.4 Å². The lowest BCUT2D eigenvalue weighted by Gasteiger charge is -2.21. The number of ether oxygens (including phenoxy) is 2. The predicted octanol–water partition coefficient (Wildman–Crippen LogP) is 4.25. The summed E-state index contributed by atoms with van der Waals surface area (Å²) in [4.78, 5) is 25.9. The molecule has 0 spiro atoms. The minimum absolute atomic E-state index is 0.0675. The van der Waals surface area contributed by atoms with Gasteiger partial charge in [0, 0.05) is 18.3 Å². The third-order valence-corrected chi connectivity index (χ3v) is 3.71. The number of amides is 2. The molecule has 0 saturated heterocycles. The van der Waals surface area contributed by atoms with Gasteiger partial charge in [-0.15, -0.1) is 0 Å². The van der Waals surface area contributed by atoms with Crippen LogP contribution in [0.3, 0.4) is 0 Å². The van der Waals surface area contributed by atoms with E-state index in [2.05, 4.69) is 5.32 Å². The Balaban J connectivity index is 2.01. The van der Waals surface area contributed by atoms with Gasteiger partial charge < -0.3 is 19.7 Å². The number of benzene rings is 2.